The molecule has 2 heterocycles. The van der Waals surface area contributed by atoms with Gasteiger partial charge in [0, 0.05) is 16.3 Å². The van der Waals surface area contributed by atoms with Crippen molar-refractivity contribution >= 4 is 32.3 Å². The highest BCUT2D eigenvalue weighted by atomic mass is 32.1. The molecule has 0 saturated heterocycles. The van der Waals surface area contributed by atoms with Crippen molar-refractivity contribution in [3.05, 3.63) is 45.6 Å². The van der Waals surface area contributed by atoms with Crippen LogP contribution in [0.1, 0.15) is 5.56 Å². The van der Waals surface area contributed by atoms with Gasteiger partial charge in [-0.15, -0.1) is 11.3 Å². The normalized spacial score (nSPS) is 11.3. The van der Waals surface area contributed by atoms with Crippen LogP contribution in [0.25, 0.3) is 21.0 Å². The van der Waals surface area contributed by atoms with E-state index in [0.29, 0.717) is 0 Å². The highest BCUT2D eigenvalue weighted by Crippen LogP contribution is 2.25. The molecule has 1 aromatic carbocycles. The smallest absolute Gasteiger partial charge is 0.266 e. The number of pyridine rings is 1. The van der Waals surface area contributed by atoms with E-state index in [0.717, 1.165) is 26.6 Å². The van der Waals surface area contributed by atoms with Crippen molar-refractivity contribution in [2.24, 2.45) is 0 Å². The maximum atomic E-state index is 11.7. The van der Waals surface area contributed by atoms with Crippen molar-refractivity contribution in [1.29, 1.82) is 0 Å². The summed E-state index contributed by atoms with van der Waals surface area (Å²) in [5.74, 6) is 0. The van der Waals surface area contributed by atoms with Gasteiger partial charge in [-0.2, -0.15) is 0 Å². The molecular formula is C12H9NO2S. The Bertz CT molecular complexity index is 727. The number of hydrogen-bond donors (Lipinski definition) is 2. The Balaban J connectivity index is 2.55. The quantitative estimate of drug-likeness (QED) is 0.674. The lowest BCUT2D eigenvalue weighted by Crippen LogP contribution is -2.04. The van der Waals surface area contributed by atoms with Crippen LogP contribution in [0.4, 0.5) is 0 Å². The molecule has 0 aliphatic carbocycles. The third-order valence-electron chi connectivity index (χ3n) is 2.68. The number of nitrogens with one attached hydrogen (secondary N) is 1. The Hall–Kier alpha value is -1.65. The molecule has 2 N–H and O–H groups in total. The molecule has 0 spiro atoms. The standard InChI is InChI=1S/C12H9NO2S/c14-6-7-1-2-10-9(5-7)8-3-4-16-11(8)12(15)13-10/h1-5,14H,6H2,(H,13,15). The van der Waals surface area contributed by atoms with Gasteiger partial charge in [0.15, 0.2) is 0 Å². The number of H-pyrrole nitrogens is 1. The van der Waals surface area contributed by atoms with Gasteiger partial charge in [-0.25, -0.2) is 0 Å². The van der Waals surface area contributed by atoms with Gasteiger partial charge in [0.25, 0.3) is 5.56 Å². The Morgan fingerprint density at radius 3 is 2.94 bits per heavy atom. The lowest BCUT2D eigenvalue weighted by molar-refractivity contribution is 0.282. The highest BCUT2D eigenvalue weighted by molar-refractivity contribution is 7.17. The van der Waals surface area contributed by atoms with Crippen LogP contribution in [-0.4, -0.2) is 10.1 Å². The highest BCUT2D eigenvalue weighted by Gasteiger charge is 2.06. The topological polar surface area (TPSA) is 53.1 Å². The van der Waals surface area contributed by atoms with Crippen LogP contribution in [-0.2, 0) is 6.61 Å². The summed E-state index contributed by atoms with van der Waals surface area (Å²) in [6.45, 7) is 0.0146. The molecule has 3 nitrogen and oxygen atoms in total. The SMILES string of the molecule is O=c1[nH]c2ccc(CO)cc2c2ccsc12. The van der Waals surface area contributed by atoms with E-state index in [1.807, 2.05) is 29.6 Å². The summed E-state index contributed by atoms with van der Waals surface area (Å²) < 4.78 is 0.739. The first-order chi connectivity index (χ1) is 7.79. The maximum Gasteiger partial charge on any atom is 0.266 e. The Labute approximate surface area is 95.0 Å². The van der Waals surface area contributed by atoms with E-state index in [2.05, 4.69) is 4.98 Å². The van der Waals surface area contributed by atoms with Crippen LogP contribution < -0.4 is 5.56 Å². The average molecular weight is 231 g/mol. The predicted octanol–water partition coefficient (Wildman–Crippen LogP) is 2.24. The minimum atomic E-state index is -0.0470. The third kappa shape index (κ3) is 1.27. The first-order valence-corrected chi connectivity index (χ1v) is 5.80. The average Bonchev–Trinajstić information content (AvgIpc) is 2.78. The molecule has 2 aromatic heterocycles. The fraction of sp³-hybridized carbons (Fsp3) is 0.0833. The summed E-state index contributed by atoms with van der Waals surface area (Å²) in [5, 5.41) is 13.0. The van der Waals surface area contributed by atoms with Gasteiger partial charge in [0.1, 0.15) is 4.70 Å². The zero-order valence-electron chi connectivity index (χ0n) is 8.36. The molecule has 0 amide bonds. The number of aromatic nitrogens is 1. The van der Waals surface area contributed by atoms with Crippen molar-refractivity contribution in [3.63, 3.8) is 0 Å². The first-order valence-electron chi connectivity index (χ1n) is 4.92. The summed E-state index contributed by atoms with van der Waals surface area (Å²) in [7, 11) is 0. The van der Waals surface area contributed by atoms with E-state index < -0.39 is 0 Å². The second-order valence-corrected chi connectivity index (χ2v) is 4.57. The molecule has 3 rings (SSSR count). The lowest BCUT2D eigenvalue weighted by Gasteiger charge is -2.02. The number of benzene rings is 1. The van der Waals surface area contributed by atoms with Crippen LogP contribution in [0.15, 0.2) is 34.4 Å². The monoisotopic (exact) mass is 231 g/mol. The molecular weight excluding hydrogens is 222 g/mol. The summed E-state index contributed by atoms with van der Waals surface area (Å²) in [6.07, 6.45) is 0. The third-order valence-corrected chi connectivity index (χ3v) is 3.59. The summed E-state index contributed by atoms with van der Waals surface area (Å²) in [5.41, 5.74) is 1.62. The van der Waals surface area contributed by atoms with E-state index >= 15 is 0 Å². The van der Waals surface area contributed by atoms with Crippen LogP contribution >= 0.6 is 11.3 Å². The number of aliphatic hydroxyl groups excluding tert-OH is 1. The molecule has 0 aliphatic heterocycles. The van der Waals surface area contributed by atoms with Gasteiger partial charge in [0.05, 0.1) is 6.61 Å². The number of aliphatic hydroxyl groups is 1. The van der Waals surface area contributed by atoms with E-state index in [1.54, 1.807) is 0 Å². The molecule has 0 bridgehead atoms. The van der Waals surface area contributed by atoms with Gasteiger partial charge in [-0.3, -0.25) is 4.79 Å². The van der Waals surface area contributed by atoms with Gasteiger partial charge in [-0.1, -0.05) is 6.07 Å². The van der Waals surface area contributed by atoms with Crippen molar-refractivity contribution < 1.29 is 5.11 Å². The van der Waals surface area contributed by atoms with E-state index in [9.17, 15) is 4.79 Å². The van der Waals surface area contributed by atoms with E-state index in [4.69, 9.17) is 5.11 Å². The van der Waals surface area contributed by atoms with Crippen LogP contribution in [0.5, 0.6) is 0 Å². The van der Waals surface area contributed by atoms with Crippen molar-refractivity contribution in [3.8, 4) is 0 Å². The summed E-state index contributed by atoms with van der Waals surface area (Å²) >= 11 is 1.44. The largest absolute Gasteiger partial charge is 0.392 e. The molecule has 0 saturated carbocycles. The van der Waals surface area contributed by atoms with Crippen molar-refractivity contribution in [1.82, 2.24) is 4.98 Å². The van der Waals surface area contributed by atoms with Crippen molar-refractivity contribution in [2.75, 3.05) is 0 Å². The number of hydrogen-bond acceptors (Lipinski definition) is 3. The van der Waals surface area contributed by atoms with Gasteiger partial charge < -0.3 is 10.1 Å². The van der Waals surface area contributed by atoms with E-state index in [-0.39, 0.29) is 12.2 Å². The first kappa shape index (κ1) is 9.57. The summed E-state index contributed by atoms with van der Waals surface area (Å²) in [6, 6.07) is 7.51. The molecule has 0 radical (unpaired) electrons. The van der Waals surface area contributed by atoms with Gasteiger partial charge >= 0.3 is 0 Å². The molecule has 80 valence electrons. The van der Waals surface area contributed by atoms with Crippen LogP contribution in [0.3, 0.4) is 0 Å². The van der Waals surface area contributed by atoms with Gasteiger partial charge in [0.2, 0.25) is 0 Å². The number of aromatic amines is 1. The Morgan fingerprint density at radius 2 is 2.12 bits per heavy atom. The fourth-order valence-electron chi connectivity index (χ4n) is 1.90. The minimum absolute atomic E-state index is 0.0146. The molecule has 4 heteroatoms. The minimum Gasteiger partial charge on any atom is -0.392 e. The number of fused-ring (bicyclic) bond motifs is 3. The lowest BCUT2D eigenvalue weighted by atomic mass is 10.1. The molecule has 0 aliphatic rings. The second kappa shape index (κ2) is 3.43. The van der Waals surface area contributed by atoms with Crippen LogP contribution in [0.2, 0.25) is 0 Å². The molecule has 0 unspecified atom stereocenters. The fourth-order valence-corrected chi connectivity index (χ4v) is 2.70. The summed E-state index contributed by atoms with van der Waals surface area (Å²) in [4.78, 5) is 14.6. The predicted molar refractivity (Wildman–Crippen MR) is 65.9 cm³/mol. The maximum absolute atomic E-state index is 11.7. The van der Waals surface area contributed by atoms with Crippen molar-refractivity contribution in [2.45, 2.75) is 6.61 Å². The molecule has 0 fully saturated rings. The second-order valence-electron chi connectivity index (χ2n) is 3.66. The molecule has 16 heavy (non-hydrogen) atoms. The van der Waals surface area contributed by atoms with Gasteiger partial charge in [-0.05, 0) is 29.1 Å². The molecule has 3 aromatic rings. The Morgan fingerprint density at radius 1 is 1.25 bits per heavy atom. The number of rotatable bonds is 1. The molecule has 0 atom stereocenters. The zero-order valence-corrected chi connectivity index (χ0v) is 9.17. The zero-order chi connectivity index (χ0) is 11.1. The number of thiophene rings is 1. The van der Waals surface area contributed by atoms with E-state index in [1.165, 1.54) is 11.3 Å². The Kier molecular flexibility index (Phi) is 2.05. The van der Waals surface area contributed by atoms with Crippen LogP contribution in [0, 0.1) is 0 Å².